The van der Waals surface area contributed by atoms with Crippen molar-refractivity contribution in [3.63, 3.8) is 0 Å². The Hall–Kier alpha value is -6.84. The first kappa shape index (κ1) is 28.0. The van der Waals surface area contributed by atoms with Crippen molar-refractivity contribution in [2.75, 3.05) is 0 Å². The van der Waals surface area contributed by atoms with E-state index in [1.54, 1.807) is 0 Å². The Morgan fingerprint density at radius 1 is 0.333 bits per heavy atom. The Morgan fingerprint density at radius 3 is 1.86 bits per heavy atom. The van der Waals surface area contributed by atoms with Crippen molar-refractivity contribution in [3.8, 4) is 39.1 Å². The fraction of sp³-hybridized carbons (Fsp3) is 0. The van der Waals surface area contributed by atoms with Gasteiger partial charge in [0.15, 0.2) is 5.58 Å². The van der Waals surface area contributed by atoms with Gasteiger partial charge in [0, 0.05) is 37.9 Å². The summed E-state index contributed by atoms with van der Waals surface area (Å²) in [4.78, 5) is 0. The number of hydrogen-bond acceptors (Lipinski definition) is 2. The van der Waals surface area contributed by atoms with Gasteiger partial charge < -0.3 is 13.4 Å². The lowest BCUT2D eigenvalue weighted by atomic mass is 9.94. The van der Waals surface area contributed by atoms with Crippen molar-refractivity contribution in [1.82, 2.24) is 4.57 Å². The molecular weight excluding hydrogens is 623 g/mol. The van der Waals surface area contributed by atoms with E-state index in [1.165, 1.54) is 21.9 Å². The molecule has 0 saturated heterocycles. The van der Waals surface area contributed by atoms with Gasteiger partial charge >= 0.3 is 0 Å². The molecule has 0 atom stereocenters. The van der Waals surface area contributed by atoms with Crippen LogP contribution in [0.3, 0.4) is 0 Å². The standard InChI is InChI=1S/C48H29NO2/c1-3-12-30(13-4-1)32-22-24-37-36-16-7-9-19-41(36)49(43(37)29-32)42-20-11-18-39-46-34(25-26-35(48(46)51-47(39)42)31-14-5-2-6-15-31)33-23-27-45-40(28-33)38-17-8-10-21-44(38)50-45/h1-29H. The Balaban J connectivity index is 1.23. The third kappa shape index (κ3) is 4.19. The van der Waals surface area contributed by atoms with E-state index in [0.717, 1.165) is 82.9 Å². The average Bonchev–Trinajstić information content (AvgIpc) is 3.88. The van der Waals surface area contributed by atoms with Crippen LogP contribution in [0.15, 0.2) is 185 Å². The number of rotatable bonds is 4. The maximum absolute atomic E-state index is 7.17. The zero-order chi connectivity index (χ0) is 33.5. The molecule has 0 aliphatic heterocycles. The minimum absolute atomic E-state index is 0.861. The van der Waals surface area contributed by atoms with Crippen LogP contribution in [0.4, 0.5) is 0 Å². The van der Waals surface area contributed by atoms with Crippen LogP contribution < -0.4 is 0 Å². The van der Waals surface area contributed by atoms with Gasteiger partial charge in [-0.1, -0.05) is 133 Å². The van der Waals surface area contributed by atoms with Crippen LogP contribution in [0, 0.1) is 0 Å². The molecule has 0 fully saturated rings. The number of furan rings is 2. The smallest absolute Gasteiger partial charge is 0.159 e. The fourth-order valence-corrected chi connectivity index (χ4v) is 8.08. The first-order valence-corrected chi connectivity index (χ1v) is 17.3. The zero-order valence-corrected chi connectivity index (χ0v) is 27.5. The van der Waals surface area contributed by atoms with Gasteiger partial charge in [-0.05, 0) is 70.3 Å². The van der Waals surface area contributed by atoms with Crippen molar-refractivity contribution in [2.24, 2.45) is 0 Å². The number of nitrogens with zero attached hydrogens (tertiary/aromatic N) is 1. The monoisotopic (exact) mass is 651 g/mol. The summed E-state index contributed by atoms with van der Waals surface area (Å²) in [6, 6.07) is 62.4. The van der Waals surface area contributed by atoms with Crippen molar-refractivity contribution in [1.29, 1.82) is 0 Å². The van der Waals surface area contributed by atoms with Gasteiger partial charge in [-0.3, -0.25) is 0 Å². The summed E-state index contributed by atoms with van der Waals surface area (Å²) >= 11 is 0. The summed E-state index contributed by atoms with van der Waals surface area (Å²) in [5, 5.41) is 6.84. The Labute approximate surface area is 293 Å². The highest BCUT2D eigenvalue weighted by atomic mass is 16.3. The topological polar surface area (TPSA) is 31.2 Å². The van der Waals surface area contributed by atoms with E-state index in [1.807, 2.05) is 12.1 Å². The van der Waals surface area contributed by atoms with Gasteiger partial charge in [-0.2, -0.15) is 0 Å². The van der Waals surface area contributed by atoms with Crippen LogP contribution in [0.5, 0.6) is 0 Å². The lowest BCUT2D eigenvalue weighted by molar-refractivity contribution is 0.667. The first-order chi connectivity index (χ1) is 25.3. The first-order valence-electron chi connectivity index (χ1n) is 17.3. The molecule has 0 unspecified atom stereocenters. The summed E-state index contributed by atoms with van der Waals surface area (Å²) in [6.07, 6.45) is 0. The van der Waals surface area contributed by atoms with Crippen molar-refractivity contribution >= 4 is 65.7 Å². The molecule has 3 heteroatoms. The van der Waals surface area contributed by atoms with E-state index >= 15 is 0 Å². The molecule has 0 radical (unpaired) electrons. The minimum atomic E-state index is 0.861. The largest absolute Gasteiger partial charge is 0.456 e. The number of para-hydroxylation sites is 3. The minimum Gasteiger partial charge on any atom is -0.456 e. The van der Waals surface area contributed by atoms with Gasteiger partial charge in [-0.25, -0.2) is 0 Å². The van der Waals surface area contributed by atoms with Gasteiger partial charge in [0.1, 0.15) is 16.7 Å². The number of fused-ring (bicyclic) bond motifs is 9. The van der Waals surface area contributed by atoms with Gasteiger partial charge in [0.05, 0.1) is 16.7 Å². The van der Waals surface area contributed by atoms with E-state index in [4.69, 9.17) is 8.83 Å². The molecule has 51 heavy (non-hydrogen) atoms. The SMILES string of the molecule is c1ccc(-c2ccc3c4ccccc4n(-c4cccc5c4oc4c(-c6ccccc6)ccc(-c6ccc7oc8ccccc8c7c6)c45)c3c2)cc1. The van der Waals surface area contributed by atoms with Crippen LogP contribution in [-0.2, 0) is 0 Å². The predicted octanol–water partition coefficient (Wildman–Crippen LogP) is 13.6. The molecule has 0 spiro atoms. The van der Waals surface area contributed by atoms with E-state index in [0.29, 0.717) is 0 Å². The van der Waals surface area contributed by atoms with Crippen LogP contribution >= 0.6 is 0 Å². The van der Waals surface area contributed by atoms with E-state index in [9.17, 15) is 0 Å². The van der Waals surface area contributed by atoms with Crippen molar-refractivity contribution in [2.45, 2.75) is 0 Å². The van der Waals surface area contributed by atoms with Crippen molar-refractivity contribution < 1.29 is 8.83 Å². The Morgan fingerprint density at radius 2 is 1.00 bits per heavy atom. The maximum atomic E-state index is 7.17. The summed E-state index contributed by atoms with van der Waals surface area (Å²) in [7, 11) is 0. The van der Waals surface area contributed by atoms with Gasteiger partial charge in [0.2, 0.25) is 0 Å². The van der Waals surface area contributed by atoms with Crippen molar-refractivity contribution in [3.05, 3.63) is 176 Å². The van der Waals surface area contributed by atoms with E-state index in [-0.39, 0.29) is 0 Å². The van der Waals surface area contributed by atoms with Crippen LogP contribution in [0.1, 0.15) is 0 Å². The van der Waals surface area contributed by atoms with E-state index < -0.39 is 0 Å². The molecule has 0 saturated carbocycles. The molecule has 8 aromatic carbocycles. The van der Waals surface area contributed by atoms with Gasteiger partial charge in [-0.15, -0.1) is 0 Å². The zero-order valence-electron chi connectivity index (χ0n) is 27.5. The number of benzene rings is 8. The molecule has 11 rings (SSSR count). The highest BCUT2D eigenvalue weighted by molar-refractivity contribution is 6.19. The summed E-state index contributed by atoms with van der Waals surface area (Å²) < 4.78 is 15.8. The fourth-order valence-electron chi connectivity index (χ4n) is 8.08. The third-order valence-electron chi connectivity index (χ3n) is 10.4. The lowest BCUT2D eigenvalue weighted by Gasteiger charge is -2.10. The third-order valence-corrected chi connectivity index (χ3v) is 10.4. The second-order valence-corrected chi connectivity index (χ2v) is 13.2. The van der Waals surface area contributed by atoms with Gasteiger partial charge in [0.25, 0.3) is 0 Å². The molecular formula is C48H29NO2. The molecule has 3 heterocycles. The Kier molecular flexibility index (Phi) is 5.96. The molecule has 11 aromatic rings. The average molecular weight is 652 g/mol. The Bertz CT molecular complexity index is 3130. The summed E-state index contributed by atoms with van der Waals surface area (Å²) in [6.45, 7) is 0. The highest BCUT2D eigenvalue weighted by Gasteiger charge is 2.22. The molecule has 3 aromatic heterocycles. The highest BCUT2D eigenvalue weighted by Crippen LogP contribution is 2.45. The quantitative estimate of drug-likeness (QED) is 0.190. The van der Waals surface area contributed by atoms with Crippen LogP contribution in [-0.4, -0.2) is 4.57 Å². The molecule has 0 aliphatic carbocycles. The predicted molar refractivity (Wildman–Crippen MR) is 212 cm³/mol. The second kappa shape index (κ2) is 10.8. The maximum Gasteiger partial charge on any atom is 0.159 e. The van der Waals surface area contributed by atoms with E-state index in [2.05, 4.69) is 168 Å². The number of aromatic nitrogens is 1. The molecule has 0 N–H and O–H groups in total. The van der Waals surface area contributed by atoms with Crippen LogP contribution in [0.25, 0.3) is 105 Å². The summed E-state index contributed by atoms with van der Waals surface area (Å²) in [5.41, 5.74) is 13.6. The lowest BCUT2D eigenvalue weighted by Crippen LogP contribution is -1.94. The normalized spacial score (nSPS) is 11.9. The molecule has 0 amide bonds. The number of hydrogen-bond donors (Lipinski definition) is 0. The molecule has 0 bridgehead atoms. The van der Waals surface area contributed by atoms with Crippen LogP contribution in [0.2, 0.25) is 0 Å². The molecule has 0 aliphatic rings. The summed E-state index contributed by atoms with van der Waals surface area (Å²) in [5.74, 6) is 0. The molecule has 238 valence electrons. The second-order valence-electron chi connectivity index (χ2n) is 13.2. The molecule has 3 nitrogen and oxygen atoms in total.